The number of aliphatic hydroxyl groups excluding tert-OH is 1. The summed E-state index contributed by atoms with van der Waals surface area (Å²) in [6, 6.07) is 5.66. The lowest BCUT2D eigenvalue weighted by atomic mass is 10.1. The monoisotopic (exact) mass is 467 g/mol. The molecule has 4 aromatic rings. The van der Waals surface area contributed by atoms with Crippen LogP contribution in [0.4, 0.5) is 0 Å². The van der Waals surface area contributed by atoms with Gasteiger partial charge < -0.3 is 15.2 Å². The molecule has 0 unspecified atom stereocenters. The van der Waals surface area contributed by atoms with E-state index in [1.807, 2.05) is 18.2 Å². The fraction of sp³-hybridized carbons (Fsp3) is 0.333. The van der Waals surface area contributed by atoms with E-state index in [1.54, 1.807) is 14.0 Å². The molecule has 33 heavy (non-hydrogen) atoms. The van der Waals surface area contributed by atoms with Gasteiger partial charge in [-0.15, -0.1) is 21.5 Å². The summed E-state index contributed by atoms with van der Waals surface area (Å²) in [4.78, 5) is 31.6. The number of thiophene rings is 1. The van der Waals surface area contributed by atoms with Crippen LogP contribution < -0.4 is 15.6 Å². The highest BCUT2D eigenvalue weighted by Crippen LogP contribution is 2.29. The van der Waals surface area contributed by atoms with E-state index in [0.717, 1.165) is 17.7 Å². The van der Waals surface area contributed by atoms with Crippen molar-refractivity contribution in [1.29, 1.82) is 0 Å². The van der Waals surface area contributed by atoms with Crippen molar-refractivity contribution in [3.8, 4) is 5.75 Å². The van der Waals surface area contributed by atoms with E-state index in [1.165, 1.54) is 27.0 Å². The van der Waals surface area contributed by atoms with Gasteiger partial charge in [0.1, 0.15) is 16.7 Å². The molecule has 3 aromatic heterocycles. The van der Waals surface area contributed by atoms with Gasteiger partial charge in [-0.3, -0.25) is 14.2 Å². The van der Waals surface area contributed by atoms with Gasteiger partial charge in [-0.2, -0.15) is 4.80 Å². The highest BCUT2D eigenvalue weighted by molar-refractivity contribution is 7.20. The number of nitrogens with one attached hydrogen (secondary N) is 1. The molecule has 0 saturated heterocycles. The second kappa shape index (κ2) is 8.37. The Morgan fingerprint density at radius 1 is 1.39 bits per heavy atom. The smallest absolute Gasteiger partial charge is 0.262 e. The van der Waals surface area contributed by atoms with Crippen LogP contribution in [0.25, 0.3) is 10.2 Å². The number of carbonyl (C=O) groups is 1. The Balaban J connectivity index is 1.34. The molecule has 170 valence electrons. The maximum Gasteiger partial charge on any atom is 0.262 e. The van der Waals surface area contributed by atoms with Crippen LogP contribution in [0.2, 0.25) is 0 Å². The van der Waals surface area contributed by atoms with Crippen LogP contribution >= 0.6 is 11.3 Å². The molecule has 1 aliphatic rings. The average molecular weight is 468 g/mol. The minimum Gasteiger partial charge on any atom is -0.493 e. The molecule has 0 radical (unpaired) electrons. The zero-order valence-electron chi connectivity index (χ0n) is 18.0. The largest absolute Gasteiger partial charge is 0.493 e. The number of hydrogen-bond acceptors (Lipinski definition) is 9. The van der Waals surface area contributed by atoms with E-state index in [-0.39, 0.29) is 24.6 Å². The molecule has 12 heteroatoms. The first-order chi connectivity index (χ1) is 15.9. The molecular formula is C21H21N7O4S. The maximum absolute atomic E-state index is 13.0. The highest BCUT2D eigenvalue weighted by Gasteiger charge is 2.20. The predicted molar refractivity (Wildman–Crippen MR) is 120 cm³/mol. The summed E-state index contributed by atoms with van der Waals surface area (Å²) >= 11 is 1.18. The number of tetrazole rings is 1. The van der Waals surface area contributed by atoms with Gasteiger partial charge in [0, 0.05) is 13.5 Å². The fourth-order valence-electron chi connectivity index (χ4n) is 3.82. The van der Waals surface area contributed by atoms with Crippen LogP contribution in [0.3, 0.4) is 0 Å². The minimum absolute atomic E-state index is 0.0646. The second-order valence-corrected chi connectivity index (χ2v) is 8.73. The number of fused-ring (bicyclic) bond motifs is 2. The normalized spacial score (nSPS) is 13.7. The molecule has 11 nitrogen and oxygen atoms in total. The third kappa shape index (κ3) is 3.87. The van der Waals surface area contributed by atoms with Crippen molar-refractivity contribution in [3.05, 3.63) is 62.3 Å². The van der Waals surface area contributed by atoms with Crippen LogP contribution in [-0.2, 0) is 19.5 Å². The van der Waals surface area contributed by atoms with Crippen molar-refractivity contribution in [2.24, 2.45) is 0 Å². The van der Waals surface area contributed by atoms with Gasteiger partial charge in [-0.25, -0.2) is 4.98 Å². The molecule has 1 aromatic carbocycles. The number of aryl methyl sites for hydroxylation is 1. The van der Waals surface area contributed by atoms with Gasteiger partial charge in [0.25, 0.3) is 11.5 Å². The summed E-state index contributed by atoms with van der Waals surface area (Å²) in [5.74, 6) is 0.853. The average Bonchev–Trinajstić information content (AvgIpc) is 3.54. The van der Waals surface area contributed by atoms with Crippen LogP contribution in [0.15, 0.2) is 29.3 Å². The van der Waals surface area contributed by atoms with Gasteiger partial charge in [-0.1, -0.05) is 12.1 Å². The quantitative estimate of drug-likeness (QED) is 0.425. The molecule has 2 N–H and O–H groups in total. The number of rotatable bonds is 6. The first kappa shape index (κ1) is 21.2. The molecule has 1 amide bonds. The molecule has 1 atom stereocenters. The number of aromatic nitrogens is 6. The molecule has 5 rings (SSSR count). The fourth-order valence-corrected chi connectivity index (χ4v) is 4.91. The summed E-state index contributed by atoms with van der Waals surface area (Å²) in [5.41, 5.74) is 2.16. The lowest BCUT2D eigenvalue weighted by Crippen LogP contribution is -2.22. The van der Waals surface area contributed by atoms with Crippen LogP contribution in [0, 0.1) is 6.92 Å². The highest BCUT2D eigenvalue weighted by atomic mass is 32.1. The lowest BCUT2D eigenvalue weighted by Gasteiger charge is -2.11. The van der Waals surface area contributed by atoms with Crippen molar-refractivity contribution in [2.45, 2.75) is 32.5 Å². The van der Waals surface area contributed by atoms with Gasteiger partial charge >= 0.3 is 0 Å². The molecular weight excluding hydrogens is 446 g/mol. The van der Waals surface area contributed by atoms with E-state index in [4.69, 9.17) is 4.74 Å². The van der Waals surface area contributed by atoms with Gasteiger partial charge in [0.15, 0.2) is 5.82 Å². The topological polar surface area (TPSA) is 137 Å². The third-order valence-corrected chi connectivity index (χ3v) is 6.80. The standard InChI is InChI=1S/C21H21N7O4S/c1-11-17-20(33-18(11)19(30)22-2)23-10-27(21(17)31)9-16-24-26-28(25-16)8-14(29)13-4-3-12-5-6-32-15(12)7-13/h3-4,7,10,14,29H,5-6,8-9H2,1-2H3,(H,22,30)/t14-/m0/s1. The van der Waals surface area contributed by atoms with Crippen molar-refractivity contribution < 1.29 is 14.6 Å². The molecule has 0 fully saturated rings. The van der Waals surface area contributed by atoms with Crippen LogP contribution in [0.5, 0.6) is 5.75 Å². The molecule has 4 heterocycles. The van der Waals surface area contributed by atoms with Crippen molar-refractivity contribution in [2.75, 3.05) is 13.7 Å². The van der Waals surface area contributed by atoms with E-state index >= 15 is 0 Å². The number of hydrogen-bond donors (Lipinski definition) is 2. The predicted octanol–water partition coefficient (Wildman–Crippen LogP) is 0.829. The Morgan fingerprint density at radius 2 is 2.24 bits per heavy atom. The maximum atomic E-state index is 13.0. The number of aliphatic hydroxyl groups is 1. The molecule has 0 spiro atoms. The van der Waals surface area contributed by atoms with Crippen molar-refractivity contribution in [1.82, 2.24) is 35.1 Å². The van der Waals surface area contributed by atoms with E-state index < -0.39 is 6.10 Å². The Hall–Kier alpha value is -3.64. The zero-order valence-corrected chi connectivity index (χ0v) is 18.8. The number of ether oxygens (including phenoxy) is 1. The van der Waals surface area contributed by atoms with E-state index in [0.29, 0.717) is 38.7 Å². The molecule has 1 aliphatic heterocycles. The number of amides is 1. The zero-order chi connectivity index (χ0) is 23.1. The first-order valence-corrected chi connectivity index (χ1v) is 11.2. The number of carbonyl (C=O) groups excluding carboxylic acids is 1. The molecule has 0 saturated carbocycles. The van der Waals surface area contributed by atoms with Crippen LogP contribution in [-0.4, -0.2) is 54.4 Å². The number of benzene rings is 1. The summed E-state index contributed by atoms with van der Waals surface area (Å²) in [6.07, 6.45) is 1.45. The SMILES string of the molecule is CNC(=O)c1sc2ncn(Cc3nnn(C[C@H](O)c4ccc5c(c4)OCC5)n3)c(=O)c2c1C. The summed E-state index contributed by atoms with van der Waals surface area (Å²) < 4.78 is 6.94. The summed E-state index contributed by atoms with van der Waals surface area (Å²) in [6.45, 7) is 2.56. The first-order valence-electron chi connectivity index (χ1n) is 10.4. The van der Waals surface area contributed by atoms with Gasteiger partial charge in [0.2, 0.25) is 0 Å². The van der Waals surface area contributed by atoms with E-state index in [2.05, 4.69) is 25.7 Å². The Morgan fingerprint density at radius 3 is 3.06 bits per heavy atom. The van der Waals surface area contributed by atoms with E-state index in [9.17, 15) is 14.7 Å². The Kier molecular flexibility index (Phi) is 5.38. The second-order valence-electron chi connectivity index (χ2n) is 7.74. The lowest BCUT2D eigenvalue weighted by molar-refractivity contribution is 0.0966. The van der Waals surface area contributed by atoms with Crippen molar-refractivity contribution in [3.63, 3.8) is 0 Å². The van der Waals surface area contributed by atoms with Crippen molar-refractivity contribution >= 4 is 27.5 Å². The van der Waals surface area contributed by atoms with Gasteiger partial charge in [0.05, 0.1) is 36.3 Å². The third-order valence-electron chi connectivity index (χ3n) is 5.60. The minimum atomic E-state index is -0.834. The number of nitrogens with zero attached hydrogens (tertiary/aromatic N) is 6. The molecule has 0 aliphatic carbocycles. The summed E-state index contributed by atoms with van der Waals surface area (Å²) in [7, 11) is 1.54. The Labute approximate surface area is 191 Å². The Bertz CT molecular complexity index is 1420. The van der Waals surface area contributed by atoms with Gasteiger partial charge in [-0.05, 0) is 34.9 Å². The van der Waals surface area contributed by atoms with Crippen LogP contribution in [0.1, 0.15) is 38.3 Å². The molecule has 0 bridgehead atoms. The summed E-state index contributed by atoms with van der Waals surface area (Å²) in [5, 5.41) is 25.9.